The lowest BCUT2D eigenvalue weighted by atomic mass is 9.93. The minimum Gasteiger partial charge on any atom is -0.462 e. The first-order valence-corrected chi connectivity index (χ1v) is 10.1. The molecule has 30 heavy (non-hydrogen) atoms. The van der Waals surface area contributed by atoms with Gasteiger partial charge in [-0.25, -0.2) is 9.78 Å². The fraction of sp³-hybridized carbons (Fsp3) is 0.136. The molecule has 0 saturated heterocycles. The minimum absolute atomic E-state index is 0.0511. The molecule has 0 aliphatic heterocycles. The van der Waals surface area contributed by atoms with Crippen LogP contribution in [-0.2, 0) is 9.53 Å². The summed E-state index contributed by atoms with van der Waals surface area (Å²) >= 11 is 1.06. The summed E-state index contributed by atoms with van der Waals surface area (Å²) in [5, 5.41) is 10.3. The Morgan fingerprint density at radius 3 is 2.43 bits per heavy atom. The van der Waals surface area contributed by atoms with Crippen molar-refractivity contribution in [1.29, 1.82) is 5.26 Å². The number of nitrogens with zero attached hydrogens (tertiary/aromatic N) is 3. The summed E-state index contributed by atoms with van der Waals surface area (Å²) in [7, 11) is 0. The van der Waals surface area contributed by atoms with E-state index in [1.807, 2.05) is 30.3 Å². The van der Waals surface area contributed by atoms with Gasteiger partial charge in [-0.3, -0.25) is 9.78 Å². The van der Waals surface area contributed by atoms with E-state index in [2.05, 4.69) is 16.0 Å². The van der Waals surface area contributed by atoms with E-state index in [0.29, 0.717) is 27.4 Å². The van der Waals surface area contributed by atoms with Crippen molar-refractivity contribution in [3.05, 3.63) is 66.0 Å². The number of pyridine rings is 2. The molecule has 0 atom stereocenters. The van der Waals surface area contributed by atoms with E-state index in [1.54, 1.807) is 31.5 Å². The highest BCUT2D eigenvalue weighted by atomic mass is 32.2. The highest BCUT2D eigenvalue weighted by Gasteiger charge is 2.27. The molecule has 1 aromatic carbocycles. The van der Waals surface area contributed by atoms with Crippen molar-refractivity contribution >= 4 is 23.6 Å². The van der Waals surface area contributed by atoms with Crippen molar-refractivity contribution in [1.82, 2.24) is 9.97 Å². The molecule has 8 heteroatoms. The molecular formula is C22H18N4O3S. The third-order valence-corrected chi connectivity index (χ3v) is 5.12. The standard InChI is InChI=1S/C22H18N4O3S/c1-2-29-22(28)19-18(14-8-10-25-11-9-14)16(12-23)21(30-13-17(24)27)26-20(19)15-6-4-3-5-7-15/h3-11H,2,13H2,1H3,(H2,24,27). The molecule has 3 aromatic rings. The molecule has 0 bridgehead atoms. The molecule has 0 aliphatic rings. The number of nitriles is 1. The van der Waals surface area contributed by atoms with Crippen LogP contribution in [0.4, 0.5) is 0 Å². The van der Waals surface area contributed by atoms with Gasteiger partial charge in [-0.1, -0.05) is 42.1 Å². The second-order valence-corrected chi connectivity index (χ2v) is 7.04. The number of aromatic nitrogens is 2. The third-order valence-electron chi connectivity index (χ3n) is 4.12. The molecule has 1 amide bonds. The summed E-state index contributed by atoms with van der Waals surface area (Å²) in [6, 6.07) is 14.7. The van der Waals surface area contributed by atoms with E-state index in [1.165, 1.54) is 0 Å². The van der Waals surface area contributed by atoms with Crippen molar-refractivity contribution in [2.45, 2.75) is 11.9 Å². The van der Waals surface area contributed by atoms with E-state index >= 15 is 0 Å². The van der Waals surface area contributed by atoms with Crippen LogP contribution in [0, 0.1) is 11.3 Å². The smallest absolute Gasteiger partial charge is 0.341 e. The maximum atomic E-state index is 13.0. The maximum absolute atomic E-state index is 13.0. The van der Waals surface area contributed by atoms with Gasteiger partial charge in [0.15, 0.2) is 0 Å². The van der Waals surface area contributed by atoms with Crippen molar-refractivity contribution in [2.24, 2.45) is 5.73 Å². The molecule has 2 heterocycles. The van der Waals surface area contributed by atoms with Crippen LogP contribution in [0.1, 0.15) is 22.8 Å². The van der Waals surface area contributed by atoms with Crippen LogP contribution in [-0.4, -0.2) is 34.2 Å². The Kier molecular flexibility index (Phi) is 6.78. The molecule has 0 aliphatic carbocycles. The van der Waals surface area contributed by atoms with Gasteiger partial charge in [0.2, 0.25) is 5.91 Å². The van der Waals surface area contributed by atoms with Crippen molar-refractivity contribution in [3.63, 3.8) is 0 Å². The van der Waals surface area contributed by atoms with Gasteiger partial charge in [0, 0.05) is 23.5 Å². The zero-order valence-corrected chi connectivity index (χ0v) is 17.0. The van der Waals surface area contributed by atoms with E-state index in [0.717, 1.165) is 11.8 Å². The number of primary amides is 1. The molecule has 0 fully saturated rings. The Labute approximate surface area is 177 Å². The Morgan fingerprint density at radius 2 is 1.83 bits per heavy atom. The predicted molar refractivity (Wildman–Crippen MR) is 113 cm³/mol. The normalized spacial score (nSPS) is 10.3. The summed E-state index contributed by atoms with van der Waals surface area (Å²) < 4.78 is 5.30. The number of hydrogen-bond acceptors (Lipinski definition) is 7. The molecule has 150 valence electrons. The van der Waals surface area contributed by atoms with Crippen molar-refractivity contribution in [3.8, 4) is 28.5 Å². The Balaban J connectivity index is 2.40. The fourth-order valence-corrected chi connectivity index (χ4v) is 3.65. The molecule has 7 nitrogen and oxygen atoms in total. The molecule has 2 N–H and O–H groups in total. The largest absolute Gasteiger partial charge is 0.462 e. The van der Waals surface area contributed by atoms with E-state index < -0.39 is 11.9 Å². The Bertz CT molecular complexity index is 1110. The zero-order valence-electron chi connectivity index (χ0n) is 16.2. The maximum Gasteiger partial charge on any atom is 0.341 e. The van der Waals surface area contributed by atoms with Crippen molar-refractivity contribution in [2.75, 3.05) is 12.4 Å². The average Bonchev–Trinajstić information content (AvgIpc) is 2.77. The Morgan fingerprint density at radius 1 is 1.13 bits per heavy atom. The monoisotopic (exact) mass is 418 g/mol. The third kappa shape index (κ3) is 4.47. The van der Waals surface area contributed by atoms with Gasteiger partial charge in [-0.15, -0.1) is 0 Å². The average molecular weight is 418 g/mol. The number of hydrogen-bond donors (Lipinski definition) is 1. The molecular weight excluding hydrogens is 400 g/mol. The fourth-order valence-electron chi connectivity index (χ4n) is 2.93. The Hall–Kier alpha value is -3.70. The first-order valence-electron chi connectivity index (χ1n) is 9.09. The van der Waals surface area contributed by atoms with Crippen LogP contribution < -0.4 is 5.73 Å². The molecule has 3 rings (SSSR count). The zero-order chi connectivity index (χ0) is 21.5. The minimum atomic E-state index is -0.585. The predicted octanol–water partition coefficient (Wildman–Crippen LogP) is 3.44. The van der Waals surface area contributed by atoms with Gasteiger partial charge < -0.3 is 10.5 Å². The molecule has 0 saturated carbocycles. The number of rotatable bonds is 7. The lowest BCUT2D eigenvalue weighted by molar-refractivity contribution is -0.115. The molecule has 0 unspecified atom stereocenters. The SMILES string of the molecule is CCOC(=O)c1c(-c2ccccc2)nc(SCC(N)=O)c(C#N)c1-c1ccncc1. The van der Waals surface area contributed by atoms with Gasteiger partial charge in [0.1, 0.15) is 11.1 Å². The second kappa shape index (κ2) is 9.67. The molecule has 2 aromatic heterocycles. The van der Waals surface area contributed by atoms with Gasteiger partial charge in [-0.05, 0) is 24.6 Å². The first kappa shape index (κ1) is 21.0. The summed E-state index contributed by atoms with van der Waals surface area (Å²) in [5.74, 6) is -1.17. The van der Waals surface area contributed by atoms with Crippen LogP contribution in [0.25, 0.3) is 22.4 Å². The lowest BCUT2D eigenvalue weighted by Gasteiger charge is -2.17. The number of ether oxygens (including phenoxy) is 1. The highest BCUT2D eigenvalue weighted by molar-refractivity contribution is 8.00. The van der Waals surface area contributed by atoms with E-state index in [4.69, 9.17) is 10.5 Å². The summed E-state index contributed by atoms with van der Waals surface area (Å²) in [4.78, 5) is 33.0. The number of nitrogens with two attached hydrogens (primary N) is 1. The second-order valence-electron chi connectivity index (χ2n) is 6.08. The summed E-state index contributed by atoms with van der Waals surface area (Å²) in [5.41, 5.74) is 7.71. The lowest BCUT2D eigenvalue weighted by Crippen LogP contribution is -2.15. The van der Waals surface area contributed by atoms with Gasteiger partial charge >= 0.3 is 5.97 Å². The van der Waals surface area contributed by atoms with Gasteiger partial charge in [0.05, 0.1) is 29.2 Å². The van der Waals surface area contributed by atoms with Crippen LogP contribution in [0.2, 0.25) is 0 Å². The van der Waals surface area contributed by atoms with Crippen LogP contribution in [0.15, 0.2) is 59.9 Å². The highest BCUT2D eigenvalue weighted by Crippen LogP contribution is 2.38. The quantitative estimate of drug-likeness (QED) is 0.461. The number of thioether (sulfide) groups is 1. The number of carbonyl (C=O) groups is 2. The van der Waals surface area contributed by atoms with E-state index in [-0.39, 0.29) is 23.5 Å². The van der Waals surface area contributed by atoms with Gasteiger partial charge in [0.25, 0.3) is 0 Å². The van der Waals surface area contributed by atoms with Crippen LogP contribution in [0.3, 0.4) is 0 Å². The molecule has 0 spiro atoms. The first-order chi connectivity index (χ1) is 14.6. The number of amides is 1. The summed E-state index contributed by atoms with van der Waals surface area (Å²) in [6.07, 6.45) is 3.15. The van der Waals surface area contributed by atoms with Gasteiger partial charge in [-0.2, -0.15) is 5.26 Å². The number of esters is 1. The van der Waals surface area contributed by atoms with Crippen LogP contribution >= 0.6 is 11.8 Å². The number of benzene rings is 1. The van der Waals surface area contributed by atoms with E-state index in [9.17, 15) is 14.9 Å². The summed E-state index contributed by atoms with van der Waals surface area (Å²) in [6.45, 7) is 1.88. The number of carbonyl (C=O) groups excluding carboxylic acids is 2. The topological polar surface area (TPSA) is 119 Å². The molecule has 0 radical (unpaired) electrons. The van der Waals surface area contributed by atoms with Crippen LogP contribution in [0.5, 0.6) is 0 Å². The van der Waals surface area contributed by atoms with Crippen molar-refractivity contribution < 1.29 is 14.3 Å².